The summed E-state index contributed by atoms with van der Waals surface area (Å²) < 4.78 is 10.7. The number of halogens is 2. The number of nitrogens with one attached hydrogen (secondary N) is 1. The molecule has 0 aliphatic rings. The molecule has 2 aromatic carbocycles. The lowest BCUT2D eigenvalue weighted by Crippen LogP contribution is -2.46. The molecular formula is C20H25Cl2NO3. The normalized spacial score (nSPS) is 12.7. The van der Waals surface area contributed by atoms with Crippen LogP contribution in [0.15, 0.2) is 42.5 Å². The molecule has 2 aromatic rings. The van der Waals surface area contributed by atoms with E-state index in [1.54, 1.807) is 25.3 Å². The van der Waals surface area contributed by atoms with Crippen molar-refractivity contribution in [2.75, 3.05) is 20.3 Å². The maximum atomic E-state index is 10.2. The van der Waals surface area contributed by atoms with Crippen LogP contribution in [0.5, 0.6) is 11.5 Å². The summed E-state index contributed by atoms with van der Waals surface area (Å²) in [5.41, 5.74) is 1.02. The SMILES string of the molecule is COc1ccc(CC(C)(C)NC[C@H](O)COc2cccc(Cl)c2Cl)cc1. The second kappa shape index (κ2) is 9.47. The van der Waals surface area contributed by atoms with Gasteiger partial charge in [0.1, 0.15) is 29.2 Å². The first-order valence-electron chi connectivity index (χ1n) is 8.43. The monoisotopic (exact) mass is 397 g/mol. The molecule has 142 valence electrons. The number of benzene rings is 2. The molecule has 0 unspecified atom stereocenters. The van der Waals surface area contributed by atoms with Crippen molar-refractivity contribution in [2.24, 2.45) is 0 Å². The Morgan fingerprint density at radius 1 is 1.12 bits per heavy atom. The molecule has 0 spiro atoms. The third-order valence-corrected chi connectivity index (χ3v) is 4.77. The van der Waals surface area contributed by atoms with Gasteiger partial charge in [0.2, 0.25) is 0 Å². The zero-order valence-electron chi connectivity index (χ0n) is 15.3. The van der Waals surface area contributed by atoms with Gasteiger partial charge in [-0.15, -0.1) is 0 Å². The summed E-state index contributed by atoms with van der Waals surface area (Å²) >= 11 is 12.0. The Hall–Kier alpha value is -1.46. The summed E-state index contributed by atoms with van der Waals surface area (Å²) in [5, 5.41) is 14.3. The van der Waals surface area contributed by atoms with E-state index in [-0.39, 0.29) is 12.1 Å². The molecular weight excluding hydrogens is 373 g/mol. The van der Waals surface area contributed by atoms with Crippen molar-refractivity contribution in [2.45, 2.75) is 31.9 Å². The van der Waals surface area contributed by atoms with Crippen LogP contribution in [0.25, 0.3) is 0 Å². The molecule has 0 bridgehead atoms. The average molecular weight is 398 g/mol. The van der Waals surface area contributed by atoms with Crippen molar-refractivity contribution >= 4 is 23.2 Å². The predicted octanol–water partition coefficient (Wildman–Crippen LogP) is 4.35. The van der Waals surface area contributed by atoms with Gasteiger partial charge in [0, 0.05) is 12.1 Å². The lowest BCUT2D eigenvalue weighted by Gasteiger charge is -2.28. The molecule has 0 amide bonds. The number of aliphatic hydroxyl groups is 1. The highest BCUT2D eigenvalue weighted by atomic mass is 35.5. The fraction of sp³-hybridized carbons (Fsp3) is 0.400. The smallest absolute Gasteiger partial charge is 0.139 e. The number of hydrogen-bond acceptors (Lipinski definition) is 4. The molecule has 6 heteroatoms. The summed E-state index contributed by atoms with van der Waals surface area (Å²) in [7, 11) is 1.65. The van der Waals surface area contributed by atoms with E-state index >= 15 is 0 Å². The Bertz CT molecular complexity index is 705. The van der Waals surface area contributed by atoms with E-state index in [0.29, 0.717) is 22.3 Å². The Morgan fingerprint density at radius 2 is 1.81 bits per heavy atom. The highest BCUT2D eigenvalue weighted by Crippen LogP contribution is 2.31. The minimum Gasteiger partial charge on any atom is -0.497 e. The minimum absolute atomic E-state index is 0.131. The van der Waals surface area contributed by atoms with Gasteiger partial charge in [0.15, 0.2) is 0 Å². The number of hydrogen-bond donors (Lipinski definition) is 2. The summed E-state index contributed by atoms with van der Waals surface area (Å²) in [4.78, 5) is 0. The summed E-state index contributed by atoms with van der Waals surface area (Å²) in [6.45, 7) is 4.73. The zero-order valence-corrected chi connectivity index (χ0v) is 16.8. The first-order valence-corrected chi connectivity index (χ1v) is 9.19. The Balaban J connectivity index is 1.81. The molecule has 0 aliphatic carbocycles. The molecule has 26 heavy (non-hydrogen) atoms. The van der Waals surface area contributed by atoms with Crippen LogP contribution < -0.4 is 14.8 Å². The van der Waals surface area contributed by atoms with Crippen LogP contribution in [0.4, 0.5) is 0 Å². The fourth-order valence-electron chi connectivity index (χ4n) is 2.55. The molecule has 0 saturated carbocycles. The van der Waals surface area contributed by atoms with E-state index in [2.05, 4.69) is 19.2 Å². The first-order chi connectivity index (χ1) is 12.3. The summed E-state index contributed by atoms with van der Waals surface area (Å²) in [6.07, 6.45) is 0.158. The van der Waals surface area contributed by atoms with Crippen LogP contribution in [-0.4, -0.2) is 37.0 Å². The van der Waals surface area contributed by atoms with Gasteiger partial charge in [0.05, 0.1) is 12.1 Å². The van der Waals surface area contributed by atoms with Gasteiger partial charge in [-0.3, -0.25) is 0 Å². The van der Waals surface area contributed by atoms with Crippen LogP contribution in [0.2, 0.25) is 10.0 Å². The maximum Gasteiger partial charge on any atom is 0.139 e. The van der Waals surface area contributed by atoms with Gasteiger partial charge in [-0.2, -0.15) is 0 Å². The van der Waals surface area contributed by atoms with Crippen molar-refractivity contribution in [3.8, 4) is 11.5 Å². The molecule has 0 fully saturated rings. The number of rotatable bonds is 9. The molecule has 4 nitrogen and oxygen atoms in total. The van der Waals surface area contributed by atoms with Crippen LogP contribution in [0.1, 0.15) is 19.4 Å². The second-order valence-corrected chi connectivity index (χ2v) is 7.59. The van der Waals surface area contributed by atoms with Crippen molar-refractivity contribution in [1.29, 1.82) is 0 Å². The van der Waals surface area contributed by atoms with Gasteiger partial charge in [0.25, 0.3) is 0 Å². The third kappa shape index (κ3) is 6.36. The van der Waals surface area contributed by atoms with E-state index in [0.717, 1.165) is 12.2 Å². The van der Waals surface area contributed by atoms with E-state index in [9.17, 15) is 5.11 Å². The Labute approximate surface area is 165 Å². The van der Waals surface area contributed by atoms with Crippen molar-refractivity contribution in [3.63, 3.8) is 0 Å². The molecule has 0 radical (unpaired) electrons. The quantitative estimate of drug-likeness (QED) is 0.659. The molecule has 0 heterocycles. The molecule has 1 atom stereocenters. The van der Waals surface area contributed by atoms with Crippen molar-refractivity contribution in [1.82, 2.24) is 5.32 Å². The topological polar surface area (TPSA) is 50.7 Å². The molecule has 0 aromatic heterocycles. The summed E-state index contributed by atoms with van der Waals surface area (Å²) in [6, 6.07) is 13.2. The molecule has 2 N–H and O–H groups in total. The zero-order chi connectivity index (χ0) is 19.2. The van der Waals surface area contributed by atoms with Crippen LogP contribution in [0.3, 0.4) is 0 Å². The average Bonchev–Trinajstić information content (AvgIpc) is 2.61. The van der Waals surface area contributed by atoms with Gasteiger partial charge >= 0.3 is 0 Å². The second-order valence-electron chi connectivity index (χ2n) is 6.81. The summed E-state index contributed by atoms with van der Waals surface area (Å²) in [5.74, 6) is 1.31. The fourth-order valence-corrected chi connectivity index (χ4v) is 2.90. The number of β-amino-alcohol motifs (C(OH)–C–C–N with tert-alkyl or cyclic N) is 1. The van der Waals surface area contributed by atoms with Gasteiger partial charge in [-0.1, -0.05) is 41.4 Å². The van der Waals surface area contributed by atoms with Gasteiger partial charge in [-0.25, -0.2) is 0 Å². The molecule has 0 saturated heterocycles. The lowest BCUT2D eigenvalue weighted by atomic mass is 9.94. The number of methoxy groups -OCH3 is 1. The highest BCUT2D eigenvalue weighted by Gasteiger charge is 2.20. The Morgan fingerprint density at radius 3 is 2.46 bits per heavy atom. The van der Waals surface area contributed by atoms with Crippen LogP contribution >= 0.6 is 23.2 Å². The number of ether oxygens (including phenoxy) is 2. The standard InChI is InChI=1S/C20H25Cl2NO3/c1-20(2,11-14-7-9-16(25-3)10-8-14)23-12-15(24)13-26-18-6-4-5-17(21)19(18)22/h4-10,15,23-24H,11-13H2,1-3H3/t15-/m0/s1. The molecule has 0 aliphatic heterocycles. The Kier molecular flexibility index (Phi) is 7.59. The van der Waals surface area contributed by atoms with E-state index in [1.165, 1.54) is 5.56 Å². The highest BCUT2D eigenvalue weighted by molar-refractivity contribution is 6.42. The number of aliphatic hydroxyl groups excluding tert-OH is 1. The van der Waals surface area contributed by atoms with E-state index in [4.69, 9.17) is 32.7 Å². The van der Waals surface area contributed by atoms with E-state index in [1.807, 2.05) is 24.3 Å². The lowest BCUT2D eigenvalue weighted by molar-refractivity contribution is 0.0989. The van der Waals surface area contributed by atoms with Crippen LogP contribution in [0, 0.1) is 0 Å². The van der Waals surface area contributed by atoms with Crippen molar-refractivity contribution in [3.05, 3.63) is 58.1 Å². The maximum absolute atomic E-state index is 10.2. The van der Waals surface area contributed by atoms with Gasteiger partial charge in [-0.05, 0) is 50.1 Å². The van der Waals surface area contributed by atoms with Gasteiger partial charge < -0.3 is 19.9 Å². The van der Waals surface area contributed by atoms with Crippen LogP contribution in [-0.2, 0) is 6.42 Å². The first kappa shape index (κ1) is 20.8. The van der Waals surface area contributed by atoms with Crippen molar-refractivity contribution < 1.29 is 14.6 Å². The largest absolute Gasteiger partial charge is 0.497 e. The van der Waals surface area contributed by atoms with E-state index < -0.39 is 6.10 Å². The minimum atomic E-state index is -0.666. The third-order valence-electron chi connectivity index (χ3n) is 3.97. The molecule has 2 rings (SSSR count). The predicted molar refractivity (Wildman–Crippen MR) is 107 cm³/mol.